The fourth-order valence-corrected chi connectivity index (χ4v) is 6.34. The number of hydrogen-bond acceptors (Lipinski definition) is 8. The SMILES string of the molecule is C[C@H]1CCN(C(=O)[C@@H](NC(=O)OCc2cccnc2)C(C)(C)C)[C@@H]1C(=O)NC(CC1CCCCCC1=O)C(=O)C(=O)c1ccccc1. The second-order valence-corrected chi connectivity index (χ2v) is 13.7. The number of nitrogens with one attached hydrogen (secondary N) is 2. The van der Waals surface area contributed by atoms with Gasteiger partial charge in [-0.3, -0.25) is 29.0 Å². The molecule has 2 N–H and O–H groups in total. The number of carbonyl (C=O) groups is 6. The Bertz CT molecular complexity index is 1440. The van der Waals surface area contributed by atoms with Gasteiger partial charge >= 0.3 is 6.09 Å². The van der Waals surface area contributed by atoms with Crippen LogP contribution in [0.4, 0.5) is 4.79 Å². The molecule has 2 aromatic rings. The van der Waals surface area contributed by atoms with Crippen molar-refractivity contribution in [3.63, 3.8) is 0 Å². The molecule has 2 heterocycles. The molecule has 3 amide bonds. The molecule has 1 aromatic carbocycles. The molecule has 0 radical (unpaired) electrons. The van der Waals surface area contributed by atoms with Crippen molar-refractivity contribution < 1.29 is 33.5 Å². The minimum absolute atomic E-state index is 0.0198. The Morgan fingerprint density at radius 1 is 0.979 bits per heavy atom. The van der Waals surface area contributed by atoms with Crippen molar-refractivity contribution in [2.45, 2.75) is 97.4 Å². The summed E-state index contributed by atoms with van der Waals surface area (Å²) in [6, 6.07) is 8.40. The van der Waals surface area contributed by atoms with E-state index >= 15 is 0 Å². The fourth-order valence-electron chi connectivity index (χ4n) is 6.34. The van der Waals surface area contributed by atoms with Gasteiger partial charge in [-0.1, -0.05) is 76.9 Å². The number of aromatic nitrogens is 1. The Morgan fingerprint density at radius 3 is 2.40 bits per heavy atom. The van der Waals surface area contributed by atoms with E-state index in [2.05, 4.69) is 15.6 Å². The van der Waals surface area contributed by atoms with Crippen LogP contribution in [0.1, 0.15) is 88.6 Å². The van der Waals surface area contributed by atoms with E-state index in [0.29, 0.717) is 24.8 Å². The Kier molecular flexibility index (Phi) is 12.0. The summed E-state index contributed by atoms with van der Waals surface area (Å²) in [5.41, 5.74) is 0.147. The molecule has 1 saturated heterocycles. The number of alkyl carbamates (subject to hydrolysis) is 1. The molecule has 2 fully saturated rings. The second-order valence-electron chi connectivity index (χ2n) is 13.7. The molecule has 11 nitrogen and oxygen atoms in total. The first-order chi connectivity index (χ1) is 22.4. The number of benzene rings is 1. The van der Waals surface area contributed by atoms with E-state index in [-0.39, 0.29) is 36.8 Å². The molecule has 47 heavy (non-hydrogen) atoms. The Morgan fingerprint density at radius 2 is 1.72 bits per heavy atom. The highest BCUT2D eigenvalue weighted by molar-refractivity contribution is 6.45. The van der Waals surface area contributed by atoms with Gasteiger partial charge in [0.1, 0.15) is 24.5 Å². The maximum absolute atomic E-state index is 14.1. The predicted molar refractivity (Wildman–Crippen MR) is 174 cm³/mol. The molecular formula is C36H46N4O7. The van der Waals surface area contributed by atoms with Gasteiger partial charge in [0.05, 0.1) is 6.04 Å². The zero-order valence-corrected chi connectivity index (χ0v) is 27.7. The lowest BCUT2D eigenvalue weighted by Gasteiger charge is -2.36. The van der Waals surface area contributed by atoms with Crippen LogP contribution in [0, 0.1) is 17.3 Å². The van der Waals surface area contributed by atoms with Gasteiger partial charge in [0, 0.05) is 42.4 Å². The van der Waals surface area contributed by atoms with E-state index in [1.807, 2.05) is 6.92 Å². The normalized spacial score (nSPS) is 21.2. The summed E-state index contributed by atoms with van der Waals surface area (Å²) in [6.07, 6.45) is 6.44. The van der Waals surface area contributed by atoms with Crippen molar-refractivity contribution >= 4 is 35.3 Å². The summed E-state index contributed by atoms with van der Waals surface area (Å²) in [5.74, 6) is -3.26. The van der Waals surface area contributed by atoms with Crippen LogP contribution in [0.5, 0.6) is 0 Å². The van der Waals surface area contributed by atoms with Crippen LogP contribution in [-0.2, 0) is 30.5 Å². The number of ketones is 3. The molecule has 2 aliphatic rings. The van der Waals surface area contributed by atoms with Gasteiger partial charge in [0.15, 0.2) is 0 Å². The van der Waals surface area contributed by atoms with Crippen LogP contribution in [0.2, 0.25) is 0 Å². The largest absolute Gasteiger partial charge is 0.445 e. The number of carbonyl (C=O) groups excluding carboxylic acids is 6. The first kappa shape index (κ1) is 35.4. The highest BCUT2D eigenvalue weighted by Crippen LogP contribution is 2.30. The first-order valence-corrected chi connectivity index (χ1v) is 16.5. The fraction of sp³-hybridized carbons (Fsp3) is 0.528. The van der Waals surface area contributed by atoms with Crippen LogP contribution in [0.25, 0.3) is 0 Å². The summed E-state index contributed by atoms with van der Waals surface area (Å²) in [4.78, 5) is 86.2. The monoisotopic (exact) mass is 646 g/mol. The number of hydrogen-bond donors (Lipinski definition) is 2. The molecule has 1 saturated carbocycles. The molecular weight excluding hydrogens is 600 g/mol. The topological polar surface area (TPSA) is 152 Å². The highest BCUT2D eigenvalue weighted by Gasteiger charge is 2.46. The number of ether oxygens (including phenoxy) is 1. The van der Waals surface area contributed by atoms with Crippen LogP contribution in [0.3, 0.4) is 0 Å². The zero-order chi connectivity index (χ0) is 34.1. The molecule has 1 aliphatic heterocycles. The predicted octanol–water partition coefficient (Wildman–Crippen LogP) is 4.44. The summed E-state index contributed by atoms with van der Waals surface area (Å²) in [6.45, 7) is 7.49. The molecule has 4 rings (SSSR count). The van der Waals surface area contributed by atoms with E-state index in [4.69, 9.17) is 4.74 Å². The van der Waals surface area contributed by atoms with Crippen LogP contribution in [0.15, 0.2) is 54.9 Å². The van der Waals surface area contributed by atoms with Gasteiger partial charge < -0.3 is 20.3 Å². The third-order valence-corrected chi connectivity index (χ3v) is 9.06. The van der Waals surface area contributed by atoms with Crippen LogP contribution < -0.4 is 10.6 Å². The number of rotatable bonds is 11. The van der Waals surface area contributed by atoms with Crippen molar-refractivity contribution in [1.29, 1.82) is 0 Å². The van der Waals surface area contributed by atoms with Crippen molar-refractivity contribution in [3.8, 4) is 0 Å². The van der Waals surface area contributed by atoms with Crippen molar-refractivity contribution in [2.75, 3.05) is 6.54 Å². The van der Waals surface area contributed by atoms with Crippen molar-refractivity contribution in [3.05, 3.63) is 66.0 Å². The van der Waals surface area contributed by atoms with Gasteiger partial charge in [-0.05, 0) is 43.1 Å². The minimum atomic E-state index is -1.23. The number of nitrogens with zero attached hydrogens (tertiary/aromatic N) is 2. The molecule has 2 unspecified atom stereocenters. The molecule has 252 valence electrons. The second kappa shape index (κ2) is 15.9. The van der Waals surface area contributed by atoms with Gasteiger partial charge in [-0.2, -0.15) is 0 Å². The van der Waals surface area contributed by atoms with Crippen molar-refractivity contribution in [2.24, 2.45) is 17.3 Å². The van der Waals surface area contributed by atoms with E-state index in [1.165, 1.54) is 17.0 Å². The van der Waals surface area contributed by atoms with Crippen LogP contribution >= 0.6 is 0 Å². The van der Waals surface area contributed by atoms with E-state index in [0.717, 1.165) is 19.3 Å². The quantitative estimate of drug-likeness (QED) is 0.207. The first-order valence-electron chi connectivity index (χ1n) is 16.5. The number of Topliss-reactive ketones (excluding diaryl/α,β-unsaturated/α-hetero) is 3. The Hall–Kier alpha value is -4.41. The average Bonchev–Trinajstić information content (AvgIpc) is 3.33. The van der Waals surface area contributed by atoms with Crippen LogP contribution in [-0.4, -0.2) is 69.8 Å². The Balaban J connectivity index is 1.53. The summed E-state index contributed by atoms with van der Waals surface area (Å²) in [7, 11) is 0. The maximum atomic E-state index is 14.1. The van der Waals surface area contributed by atoms with Crippen molar-refractivity contribution in [1.82, 2.24) is 20.5 Å². The molecule has 1 aliphatic carbocycles. The summed E-state index contributed by atoms with van der Waals surface area (Å²) >= 11 is 0. The molecule has 0 bridgehead atoms. The molecule has 1 aromatic heterocycles. The van der Waals surface area contributed by atoms with Gasteiger partial charge in [0.25, 0.3) is 0 Å². The van der Waals surface area contributed by atoms with Gasteiger partial charge in [0.2, 0.25) is 23.4 Å². The number of amides is 3. The number of likely N-dealkylation sites (tertiary alicyclic amines) is 1. The lowest BCUT2D eigenvalue weighted by atomic mass is 9.85. The minimum Gasteiger partial charge on any atom is -0.445 e. The standard InChI is InChI=1S/C36H46N4O7/c1-23-17-19-40(34(45)32(36(2,3)4)39-35(46)47-22-24-12-11-18-37-21-24)29(23)33(44)38-27(20-26-15-9-6-10-16-28(26)41)31(43)30(42)25-13-7-5-8-14-25/h5,7-8,11-14,18,21,23,26-27,29,32H,6,9-10,15-17,19-20,22H2,1-4H3,(H,38,44)(H,39,46)/t23-,26?,27?,29-,32+/m0/s1. The van der Waals surface area contributed by atoms with E-state index in [9.17, 15) is 28.8 Å². The molecule has 11 heteroatoms. The summed E-state index contributed by atoms with van der Waals surface area (Å²) < 4.78 is 5.35. The maximum Gasteiger partial charge on any atom is 0.408 e. The highest BCUT2D eigenvalue weighted by atomic mass is 16.5. The zero-order valence-electron chi connectivity index (χ0n) is 27.7. The average molecular weight is 647 g/mol. The molecule has 0 spiro atoms. The van der Waals surface area contributed by atoms with Gasteiger partial charge in [-0.15, -0.1) is 0 Å². The number of pyridine rings is 1. The lowest BCUT2D eigenvalue weighted by molar-refractivity contribution is -0.143. The lowest BCUT2D eigenvalue weighted by Crippen LogP contribution is -2.59. The van der Waals surface area contributed by atoms with Gasteiger partial charge in [-0.25, -0.2) is 4.79 Å². The van der Waals surface area contributed by atoms with E-state index in [1.54, 1.807) is 63.5 Å². The summed E-state index contributed by atoms with van der Waals surface area (Å²) in [5, 5.41) is 5.49. The third kappa shape index (κ3) is 9.33. The smallest absolute Gasteiger partial charge is 0.408 e. The van der Waals surface area contributed by atoms with E-state index < -0.39 is 58.9 Å². The molecule has 5 atom stereocenters. The Labute approximate surface area is 276 Å². The third-order valence-electron chi connectivity index (χ3n) is 9.06.